The van der Waals surface area contributed by atoms with Gasteiger partial charge >= 0.3 is 0 Å². The van der Waals surface area contributed by atoms with Crippen LogP contribution in [0.15, 0.2) is 59.5 Å². The van der Waals surface area contributed by atoms with Crippen LogP contribution in [0.25, 0.3) is 27.8 Å². The van der Waals surface area contributed by atoms with Crippen LogP contribution in [0.5, 0.6) is 0 Å². The molecule has 3 aromatic heterocycles. The Hall–Kier alpha value is -4.27. The van der Waals surface area contributed by atoms with Gasteiger partial charge in [0.1, 0.15) is 11.2 Å². The van der Waals surface area contributed by atoms with Gasteiger partial charge in [0.25, 0.3) is 11.5 Å². The highest BCUT2D eigenvalue weighted by molar-refractivity contribution is 6.12. The molecule has 0 atom stereocenters. The average molecular weight is 399 g/mol. The maximum absolute atomic E-state index is 13.1. The standard InChI is InChI=1S/C21H17N7O2/c1-12-10-17(23-19(29)15-9-5-7-13-6-3-4-8-14(13)15)28(26-12)21-24-18-16(20(30)25-21)11-22-27(18)2/h3-11H,1-2H3,(H,23,29)(H,24,25,30). The summed E-state index contributed by atoms with van der Waals surface area (Å²) in [7, 11) is 1.70. The number of nitrogens with one attached hydrogen (secondary N) is 2. The highest BCUT2D eigenvalue weighted by Crippen LogP contribution is 2.21. The summed E-state index contributed by atoms with van der Waals surface area (Å²) in [5.41, 5.74) is 1.30. The molecule has 9 heteroatoms. The second-order valence-electron chi connectivity index (χ2n) is 6.96. The summed E-state index contributed by atoms with van der Waals surface area (Å²) in [6.07, 6.45) is 1.46. The van der Waals surface area contributed by atoms with Crippen molar-refractivity contribution in [2.75, 3.05) is 5.32 Å². The van der Waals surface area contributed by atoms with Gasteiger partial charge in [0.2, 0.25) is 5.95 Å². The van der Waals surface area contributed by atoms with Crippen LogP contribution in [0.3, 0.4) is 0 Å². The molecule has 0 fully saturated rings. The van der Waals surface area contributed by atoms with E-state index in [2.05, 4.69) is 25.5 Å². The normalized spacial score (nSPS) is 11.3. The minimum absolute atomic E-state index is 0.192. The van der Waals surface area contributed by atoms with Crippen LogP contribution < -0.4 is 10.9 Å². The number of fused-ring (bicyclic) bond motifs is 2. The van der Waals surface area contributed by atoms with Crippen LogP contribution in [0.2, 0.25) is 0 Å². The Morgan fingerprint density at radius 1 is 1.10 bits per heavy atom. The van der Waals surface area contributed by atoms with Crippen molar-refractivity contribution in [2.24, 2.45) is 7.05 Å². The Balaban J connectivity index is 1.58. The van der Waals surface area contributed by atoms with Gasteiger partial charge in [-0.1, -0.05) is 36.4 Å². The summed E-state index contributed by atoms with van der Waals surface area (Å²) < 4.78 is 2.92. The van der Waals surface area contributed by atoms with Crippen LogP contribution >= 0.6 is 0 Å². The molecule has 148 valence electrons. The van der Waals surface area contributed by atoms with E-state index in [1.807, 2.05) is 36.4 Å². The number of carbonyl (C=O) groups is 1. The summed E-state index contributed by atoms with van der Waals surface area (Å²) in [6, 6.07) is 15.0. The van der Waals surface area contributed by atoms with E-state index in [-0.39, 0.29) is 17.4 Å². The highest BCUT2D eigenvalue weighted by Gasteiger charge is 2.17. The number of rotatable bonds is 3. The van der Waals surface area contributed by atoms with Crippen LogP contribution in [0.1, 0.15) is 16.1 Å². The monoisotopic (exact) mass is 399 g/mol. The SMILES string of the molecule is Cc1cc(NC(=O)c2cccc3ccccc23)n(-c2nc3c(cnn3C)c(=O)[nH]2)n1. The molecule has 0 saturated heterocycles. The Kier molecular flexibility index (Phi) is 3.95. The quantitative estimate of drug-likeness (QED) is 0.484. The molecule has 0 spiro atoms. The van der Waals surface area contributed by atoms with E-state index in [1.165, 1.54) is 15.6 Å². The minimum Gasteiger partial charge on any atom is -0.306 e. The van der Waals surface area contributed by atoms with Gasteiger partial charge in [-0.2, -0.15) is 19.9 Å². The molecule has 0 aliphatic heterocycles. The molecular weight excluding hydrogens is 382 g/mol. The number of carbonyl (C=O) groups excluding carboxylic acids is 1. The maximum atomic E-state index is 13.1. The zero-order chi connectivity index (χ0) is 20.8. The first-order valence-corrected chi connectivity index (χ1v) is 9.29. The predicted molar refractivity (Wildman–Crippen MR) is 113 cm³/mol. The van der Waals surface area contributed by atoms with Crippen molar-refractivity contribution < 1.29 is 4.79 Å². The summed E-state index contributed by atoms with van der Waals surface area (Å²) in [5.74, 6) is 0.310. The molecule has 2 aromatic carbocycles. The van der Waals surface area contributed by atoms with Crippen molar-refractivity contribution in [3.05, 3.63) is 76.3 Å². The third-order valence-electron chi connectivity index (χ3n) is 4.90. The van der Waals surface area contributed by atoms with Crippen LogP contribution in [-0.4, -0.2) is 35.4 Å². The number of hydrogen-bond donors (Lipinski definition) is 2. The third kappa shape index (κ3) is 2.84. The fraction of sp³-hybridized carbons (Fsp3) is 0.0952. The first-order valence-electron chi connectivity index (χ1n) is 9.29. The predicted octanol–water partition coefficient (Wildman–Crippen LogP) is 2.56. The number of benzene rings is 2. The summed E-state index contributed by atoms with van der Waals surface area (Å²) in [5, 5.41) is 13.6. The molecule has 0 aliphatic carbocycles. The highest BCUT2D eigenvalue weighted by atomic mass is 16.2. The smallest absolute Gasteiger partial charge is 0.263 e. The van der Waals surface area contributed by atoms with Gasteiger partial charge in [-0.25, -0.2) is 0 Å². The van der Waals surface area contributed by atoms with Gasteiger partial charge in [-0.3, -0.25) is 19.3 Å². The van der Waals surface area contributed by atoms with Crippen molar-refractivity contribution in [1.29, 1.82) is 0 Å². The lowest BCUT2D eigenvalue weighted by molar-refractivity contribution is 0.102. The first kappa shape index (κ1) is 17.8. The molecule has 30 heavy (non-hydrogen) atoms. The van der Waals surface area contributed by atoms with E-state index in [9.17, 15) is 9.59 Å². The van der Waals surface area contributed by atoms with Gasteiger partial charge in [0.05, 0.1) is 11.9 Å². The number of aromatic nitrogens is 6. The Labute approximate surface area is 170 Å². The molecule has 0 radical (unpaired) electrons. The molecule has 5 aromatic rings. The molecular formula is C21H17N7O2. The number of hydrogen-bond acceptors (Lipinski definition) is 5. The summed E-state index contributed by atoms with van der Waals surface area (Å²) in [6.45, 7) is 1.80. The molecule has 1 amide bonds. The van der Waals surface area contributed by atoms with E-state index in [0.717, 1.165) is 10.8 Å². The number of amides is 1. The molecule has 0 bridgehead atoms. The molecule has 0 aliphatic rings. The summed E-state index contributed by atoms with van der Waals surface area (Å²) >= 11 is 0. The minimum atomic E-state index is -0.331. The van der Waals surface area contributed by atoms with Crippen LogP contribution in [-0.2, 0) is 7.05 Å². The van der Waals surface area contributed by atoms with E-state index in [0.29, 0.717) is 28.1 Å². The molecule has 0 saturated carbocycles. The van der Waals surface area contributed by atoms with E-state index in [4.69, 9.17) is 0 Å². The topological polar surface area (TPSA) is 110 Å². The van der Waals surface area contributed by atoms with Gasteiger partial charge in [0, 0.05) is 18.7 Å². The molecule has 9 nitrogen and oxygen atoms in total. The van der Waals surface area contributed by atoms with Gasteiger partial charge in [0.15, 0.2) is 5.65 Å². The zero-order valence-corrected chi connectivity index (χ0v) is 16.2. The zero-order valence-electron chi connectivity index (χ0n) is 16.2. The van der Waals surface area contributed by atoms with Crippen molar-refractivity contribution in [3.8, 4) is 5.95 Å². The van der Waals surface area contributed by atoms with Crippen molar-refractivity contribution >= 4 is 33.5 Å². The van der Waals surface area contributed by atoms with Gasteiger partial charge in [-0.05, 0) is 23.8 Å². The van der Waals surface area contributed by atoms with Crippen LogP contribution in [0, 0.1) is 6.92 Å². The fourth-order valence-corrected chi connectivity index (χ4v) is 3.48. The number of H-pyrrole nitrogens is 1. The second kappa shape index (κ2) is 6.66. The van der Waals surface area contributed by atoms with Gasteiger partial charge in [-0.15, -0.1) is 0 Å². The largest absolute Gasteiger partial charge is 0.306 e. The molecule has 5 rings (SSSR count). The third-order valence-corrected chi connectivity index (χ3v) is 4.90. The van der Waals surface area contributed by atoms with E-state index < -0.39 is 0 Å². The second-order valence-corrected chi connectivity index (χ2v) is 6.96. The van der Waals surface area contributed by atoms with Crippen molar-refractivity contribution in [3.63, 3.8) is 0 Å². The average Bonchev–Trinajstić information content (AvgIpc) is 3.30. The van der Waals surface area contributed by atoms with Gasteiger partial charge < -0.3 is 5.32 Å². The fourth-order valence-electron chi connectivity index (χ4n) is 3.48. The first-order chi connectivity index (χ1) is 14.5. The number of nitrogens with zero attached hydrogens (tertiary/aromatic N) is 5. The number of aromatic amines is 1. The molecule has 3 heterocycles. The van der Waals surface area contributed by atoms with Crippen LogP contribution in [0.4, 0.5) is 5.82 Å². The maximum Gasteiger partial charge on any atom is 0.263 e. The number of aryl methyl sites for hydroxylation is 2. The molecule has 2 N–H and O–H groups in total. The lowest BCUT2D eigenvalue weighted by Crippen LogP contribution is -2.19. The lowest BCUT2D eigenvalue weighted by atomic mass is 10.0. The Morgan fingerprint density at radius 2 is 1.90 bits per heavy atom. The Morgan fingerprint density at radius 3 is 2.77 bits per heavy atom. The van der Waals surface area contributed by atoms with Crippen molar-refractivity contribution in [1.82, 2.24) is 29.5 Å². The lowest BCUT2D eigenvalue weighted by Gasteiger charge is -2.10. The summed E-state index contributed by atoms with van der Waals surface area (Å²) in [4.78, 5) is 32.6. The number of anilines is 1. The van der Waals surface area contributed by atoms with E-state index in [1.54, 1.807) is 26.1 Å². The Bertz CT molecular complexity index is 1490. The van der Waals surface area contributed by atoms with Crippen molar-refractivity contribution in [2.45, 2.75) is 6.92 Å². The molecule has 0 unspecified atom stereocenters. The van der Waals surface area contributed by atoms with E-state index >= 15 is 0 Å².